The van der Waals surface area contributed by atoms with Crippen LogP contribution in [0.15, 0.2) is 0 Å². The van der Waals surface area contributed by atoms with E-state index in [4.69, 9.17) is 0 Å². The van der Waals surface area contributed by atoms with Crippen LogP contribution in [0.4, 0.5) is 0 Å². The normalized spacial score (nSPS) is 40.1. The van der Waals surface area contributed by atoms with E-state index in [0.29, 0.717) is 0 Å². The van der Waals surface area contributed by atoms with Crippen LogP contribution in [0.25, 0.3) is 0 Å². The zero-order valence-electron chi connectivity index (χ0n) is 6.93. The third kappa shape index (κ3) is 1.72. The molecule has 2 heteroatoms. The molecule has 0 amide bonds. The Bertz CT molecular complexity index is 136. The molecule has 0 radical (unpaired) electrons. The van der Waals surface area contributed by atoms with Gasteiger partial charge >= 0.3 is 0 Å². The Kier molecular flexibility index (Phi) is 2.72. The van der Waals surface area contributed by atoms with Gasteiger partial charge in [0.15, 0.2) is 0 Å². The molecule has 64 valence electrons. The summed E-state index contributed by atoms with van der Waals surface area (Å²) in [5.41, 5.74) is 0. The molecule has 2 rings (SSSR count). The molecule has 0 aromatic carbocycles. The molecule has 1 unspecified atom stereocenters. The van der Waals surface area contributed by atoms with E-state index in [-0.39, 0.29) is 0 Å². The van der Waals surface area contributed by atoms with Gasteiger partial charge in [-0.3, -0.25) is 0 Å². The van der Waals surface area contributed by atoms with Crippen molar-refractivity contribution in [3.8, 4) is 0 Å². The lowest BCUT2D eigenvalue weighted by atomic mass is 9.80. The van der Waals surface area contributed by atoms with E-state index in [9.17, 15) is 0 Å². The van der Waals surface area contributed by atoms with Gasteiger partial charge in [-0.1, -0.05) is 12.8 Å². The number of hydrogen-bond acceptors (Lipinski definition) is 1. The van der Waals surface area contributed by atoms with E-state index in [2.05, 4.69) is 26.0 Å². The summed E-state index contributed by atoms with van der Waals surface area (Å²) in [7, 11) is 0. The predicted molar refractivity (Wildman–Crippen MR) is 55.7 cm³/mol. The number of halogens is 1. The van der Waals surface area contributed by atoms with Crippen LogP contribution in [0, 0.1) is 5.92 Å². The van der Waals surface area contributed by atoms with Gasteiger partial charge in [0.1, 0.15) is 0 Å². The molecule has 1 heterocycles. The minimum absolute atomic E-state index is 0.943. The first kappa shape index (κ1) is 8.30. The van der Waals surface area contributed by atoms with Crippen molar-refractivity contribution in [1.82, 2.24) is 3.11 Å². The van der Waals surface area contributed by atoms with Gasteiger partial charge in [-0.15, -0.1) is 0 Å². The molecule has 1 aliphatic carbocycles. The molecule has 2 atom stereocenters. The zero-order chi connectivity index (χ0) is 7.68. The van der Waals surface area contributed by atoms with Crippen molar-refractivity contribution in [1.29, 1.82) is 0 Å². The fourth-order valence-corrected chi connectivity index (χ4v) is 3.64. The highest BCUT2D eigenvalue weighted by atomic mass is 127. The van der Waals surface area contributed by atoms with Crippen LogP contribution >= 0.6 is 22.9 Å². The summed E-state index contributed by atoms with van der Waals surface area (Å²) in [5, 5.41) is 0. The molecule has 0 aromatic heterocycles. The minimum atomic E-state index is 0.943. The fourth-order valence-electron chi connectivity index (χ4n) is 2.56. The van der Waals surface area contributed by atoms with E-state index in [1.54, 1.807) is 0 Å². The van der Waals surface area contributed by atoms with Gasteiger partial charge in [-0.05, 0) is 31.6 Å². The van der Waals surface area contributed by atoms with Crippen molar-refractivity contribution in [2.75, 3.05) is 6.54 Å². The first-order valence-corrected chi connectivity index (χ1v) is 5.77. The van der Waals surface area contributed by atoms with Gasteiger partial charge in [0.05, 0.1) is 0 Å². The SMILES string of the molecule is IN1CCC[C@H]2CCCCC21. The molecule has 2 fully saturated rings. The number of piperidine rings is 1. The lowest BCUT2D eigenvalue weighted by molar-refractivity contribution is 0.153. The Morgan fingerprint density at radius 1 is 1.00 bits per heavy atom. The number of rotatable bonds is 0. The lowest BCUT2D eigenvalue weighted by Gasteiger charge is -2.40. The molecular weight excluding hydrogens is 249 g/mol. The molecule has 11 heavy (non-hydrogen) atoms. The van der Waals surface area contributed by atoms with Crippen molar-refractivity contribution in [3.05, 3.63) is 0 Å². The molecule has 0 aromatic rings. The molecule has 0 spiro atoms. The van der Waals surface area contributed by atoms with Crippen molar-refractivity contribution in [3.63, 3.8) is 0 Å². The summed E-state index contributed by atoms with van der Waals surface area (Å²) >= 11 is 2.52. The second-order valence-corrected chi connectivity index (χ2v) is 5.12. The average molecular weight is 265 g/mol. The smallest absolute Gasteiger partial charge is 0.0222 e. The van der Waals surface area contributed by atoms with E-state index in [0.717, 1.165) is 12.0 Å². The number of fused-ring (bicyclic) bond motifs is 1. The lowest BCUT2D eigenvalue weighted by Crippen LogP contribution is -2.40. The van der Waals surface area contributed by atoms with Crippen LogP contribution in [0.1, 0.15) is 38.5 Å². The standard InChI is InChI=1S/C9H16IN/c10-11-7-3-5-8-4-1-2-6-9(8)11/h8-9H,1-7H2/t8-,9?/m1/s1. The Hall–Kier alpha value is 0.690. The molecule has 1 aliphatic heterocycles. The van der Waals surface area contributed by atoms with E-state index < -0.39 is 0 Å². The highest BCUT2D eigenvalue weighted by Gasteiger charge is 2.31. The van der Waals surface area contributed by atoms with Crippen LogP contribution in [0.5, 0.6) is 0 Å². The summed E-state index contributed by atoms with van der Waals surface area (Å²) in [5.74, 6) is 1.05. The minimum Gasteiger partial charge on any atom is -0.244 e. The summed E-state index contributed by atoms with van der Waals surface area (Å²) in [6, 6.07) is 0.943. The Labute approximate surface area is 83.0 Å². The molecule has 1 nitrogen and oxygen atoms in total. The van der Waals surface area contributed by atoms with Gasteiger partial charge in [0.25, 0.3) is 0 Å². The second kappa shape index (κ2) is 3.60. The molecule has 1 saturated carbocycles. The van der Waals surface area contributed by atoms with E-state index >= 15 is 0 Å². The van der Waals surface area contributed by atoms with Crippen molar-refractivity contribution >= 4 is 22.9 Å². The maximum atomic E-state index is 2.56. The number of hydrogen-bond donors (Lipinski definition) is 0. The molecule has 0 N–H and O–H groups in total. The average Bonchev–Trinajstić information content (AvgIpc) is 2.06. The zero-order valence-corrected chi connectivity index (χ0v) is 9.09. The van der Waals surface area contributed by atoms with Crippen LogP contribution in [-0.4, -0.2) is 15.7 Å². The first-order valence-electron chi connectivity index (χ1n) is 4.80. The highest BCUT2D eigenvalue weighted by molar-refractivity contribution is 14.1. The third-order valence-electron chi connectivity index (χ3n) is 3.18. The van der Waals surface area contributed by atoms with Crippen LogP contribution < -0.4 is 0 Å². The summed E-state index contributed by atoms with van der Waals surface area (Å²) in [6.45, 7) is 1.34. The van der Waals surface area contributed by atoms with Gasteiger partial charge in [-0.2, -0.15) is 0 Å². The van der Waals surface area contributed by atoms with Crippen LogP contribution in [0.3, 0.4) is 0 Å². The Morgan fingerprint density at radius 3 is 2.55 bits per heavy atom. The highest BCUT2D eigenvalue weighted by Crippen LogP contribution is 2.36. The monoisotopic (exact) mass is 265 g/mol. The maximum absolute atomic E-state index is 2.56. The van der Waals surface area contributed by atoms with E-state index in [1.165, 1.54) is 45.1 Å². The van der Waals surface area contributed by atoms with Crippen molar-refractivity contribution in [2.45, 2.75) is 44.6 Å². The Balaban J connectivity index is 1.99. The summed E-state index contributed by atoms with van der Waals surface area (Å²) in [4.78, 5) is 0. The van der Waals surface area contributed by atoms with Crippen LogP contribution in [-0.2, 0) is 0 Å². The maximum Gasteiger partial charge on any atom is 0.0222 e. The Morgan fingerprint density at radius 2 is 1.73 bits per heavy atom. The topological polar surface area (TPSA) is 3.24 Å². The summed E-state index contributed by atoms with van der Waals surface area (Å²) < 4.78 is 2.56. The first-order chi connectivity index (χ1) is 5.38. The van der Waals surface area contributed by atoms with Gasteiger partial charge < -0.3 is 0 Å². The van der Waals surface area contributed by atoms with Crippen LogP contribution in [0.2, 0.25) is 0 Å². The molecule has 1 saturated heterocycles. The van der Waals surface area contributed by atoms with Gasteiger partial charge in [-0.25, -0.2) is 3.11 Å². The quantitative estimate of drug-likeness (QED) is 0.480. The fraction of sp³-hybridized carbons (Fsp3) is 1.00. The second-order valence-electron chi connectivity index (χ2n) is 3.88. The number of nitrogens with zero attached hydrogens (tertiary/aromatic N) is 1. The largest absolute Gasteiger partial charge is 0.244 e. The van der Waals surface area contributed by atoms with Crippen molar-refractivity contribution < 1.29 is 0 Å². The molecular formula is C9H16IN. The van der Waals surface area contributed by atoms with Crippen molar-refractivity contribution in [2.24, 2.45) is 5.92 Å². The predicted octanol–water partition coefficient (Wildman–Crippen LogP) is 2.99. The van der Waals surface area contributed by atoms with Gasteiger partial charge in [0, 0.05) is 35.5 Å². The third-order valence-corrected chi connectivity index (χ3v) is 4.37. The van der Waals surface area contributed by atoms with Gasteiger partial charge in [0.2, 0.25) is 0 Å². The molecule has 2 aliphatic rings. The summed E-state index contributed by atoms with van der Waals surface area (Å²) in [6.07, 6.45) is 8.87. The molecule has 0 bridgehead atoms. The van der Waals surface area contributed by atoms with E-state index in [1.807, 2.05) is 0 Å².